The molecule has 4 atom stereocenters. The van der Waals surface area contributed by atoms with E-state index in [1.165, 1.54) is 0 Å². The fourth-order valence-corrected chi connectivity index (χ4v) is 3.59. The first-order valence-electron chi connectivity index (χ1n) is 7.37. The van der Waals surface area contributed by atoms with Crippen LogP contribution in [-0.2, 0) is 16.0 Å². The summed E-state index contributed by atoms with van der Waals surface area (Å²) < 4.78 is 0. The molecule has 1 saturated carbocycles. The summed E-state index contributed by atoms with van der Waals surface area (Å²) in [5, 5.41) is 14.2. The zero-order valence-corrected chi connectivity index (χ0v) is 11.7. The van der Waals surface area contributed by atoms with E-state index in [1.807, 2.05) is 42.5 Å². The molecule has 0 saturated heterocycles. The van der Waals surface area contributed by atoms with E-state index in [-0.39, 0.29) is 17.7 Å². The maximum atomic E-state index is 12.3. The number of carboxylic acid groups (broad SMARTS) is 1. The minimum absolute atomic E-state index is 0.0372. The summed E-state index contributed by atoms with van der Waals surface area (Å²) in [5.41, 5.74) is 1.15. The van der Waals surface area contributed by atoms with E-state index >= 15 is 0 Å². The van der Waals surface area contributed by atoms with Gasteiger partial charge in [0.15, 0.2) is 0 Å². The Labute approximate surface area is 123 Å². The number of fused-ring (bicyclic) bond motifs is 2. The summed E-state index contributed by atoms with van der Waals surface area (Å²) in [6.07, 6.45) is 5.40. The van der Waals surface area contributed by atoms with Crippen LogP contribution in [0.15, 0.2) is 42.5 Å². The number of carbonyl (C=O) groups is 2. The molecule has 3 rings (SSSR count). The van der Waals surface area contributed by atoms with E-state index in [9.17, 15) is 14.7 Å². The van der Waals surface area contributed by atoms with Crippen LogP contribution in [0.25, 0.3) is 0 Å². The Kier molecular flexibility index (Phi) is 3.78. The Balaban J connectivity index is 1.58. The average molecular weight is 284 g/mol. The van der Waals surface area contributed by atoms with E-state index in [0.717, 1.165) is 18.4 Å². The molecular formula is C17H18NO3-. The quantitative estimate of drug-likeness (QED) is 0.802. The van der Waals surface area contributed by atoms with Crippen molar-refractivity contribution in [3.05, 3.63) is 48.0 Å². The molecule has 0 spiro atoms. The van der Waals surface area contributed by atoms with Crippen LogP contribution >= 0.6 is 0 Å². The smallest absolute Gasteiger partial charge is 0.224 e. The first-order valence-corrected chi connectivity index (χ1v) is 7.37. The van der Waals surface area contributed by atoms with E-state index in [4.69, 9.17) is 0 Å². The van der Waals surface area contributed by atoms with Crippen molar-refractivity contribution in [2.45, 2.75) is 12.8 Å². The highest BCUT2D eigenvalue weighted by molar-refractivity contribution is 5.86. The third-order valence-corrected chi connectivity index (χ3v) is 4.59. The average Bonchev–Trinajstić information content (AvgIpc) is 3.08. The molecule has 1 N–H and O–H groups in total. The lowest BCUT2D eigenvalue weighted by Gasteiger charge is -2.27. The van der Waals surface area contributed by atoms with Crippen LogP contribution in [0.5, 0.6) is 0 Å². The van der Waals surface area contributed by atoms with Crippen molar-refractivity contribution in [3.8, 4) is 0 Å². The minimum atomic E-state index is -1.10. The molecule has 4 heteroatoms. The SMILES string of the molecule is O=C([O-])[C@@H]1[C@H](C(=O)NCCc2ccccc2)[C@@H]2C=C[C@H]1C2. The molecule has 4 nitrogen and oxygen atoms in total. The normalized spacial score (nSPS) is 29.5. The number of hydrogen-bond donors (Lipinski definition) is 1. The van der Waals surface area contributed by atoms with Crippen LogP contribution in [0.4, 0.5) is 0 Å². The first-order chi connectivity index (χ1) is 10.2. The Hall–Kier alpha value is -2.10. The summed E-state index contributed by atoms with van der Waals surface area (Å²) >= 11 is 0. The van der Waals surface area contributed by atoms with Gasteiger partial charge in [0.25, 0.3) is 0 Å². The molecule has 1 aromatic carbocycles. The predicted molar refractivity (Wildman–Crippen MR) is 75.9 cm³/mol. The molecule has 0 aliphatic heterocycles. The third-order valence-electron chi connectivity index (χ3n) is 4.59. The van der Waals surface area contributed by atoms with Crippen LogP contribution in [0, 0.1) is 23.7 Å². The highest BCUT2D eigenvalue weighted by atomic mass is 16.4. The number of benzene rings is 1. The number of amides is 1. The van der Waals surface area contributed by atoms with Crippen molar-refractivity contribution < 1.29 is 14.7 Å². The second-order valence-electron chi connectivity index (χ2n) is 5.85. The molecule has 1 fully saturated rings. The highest BCUT2D eigenvalue weighted by Gasteiger charge is 2.48. The summed E-state index contributed by atoms with van der Waals surface area (Å²) in [5.74, 6) is -2.39. The summed E-state index contributed by atoms with van der Waals surface area (Å²) in [4.78, 5) is 23.6. The monoisotopic (exact) mass is 284 g/mol. The van der Waals surface area contributed by atoms with Crippen molar-refractivity contribution in [1.29, 1.82) is 0 Å². The number of nitrogens with one attached hydrogen (secondary N) is 1. The lowest BCUT2D eigenvalue weighted by molar-refractivity contribution is -0.313. The molecule has 2 aliphatic carbocycles. The third kappa shape index (κ3) is 2.71. The highest BCUT2D eigenvalue weighted by Crippen LogP contribution is 2.47. The standard InChI is InChI=1S/C17H19NO3/c19-16(18-9-8-11-4-2-1-3-5-11)14-12-6-7-13(10-12)15(14)17(20)21/h1-7,12-15H,8-10H2,(H,18,19)(H,20,21)/p-1/t12-,13+,14-,15+/m1/s1. The van der Waals surface area contributed by atoms with Gasteiger partial charge >= 0.3 is 0 Å². The molecule has 2 bridgehead atoms. The van der Waals surface area contributed by atoms with E-state index < -0.39 is 17.8 Å². The van der Waals surface area contributed by atoms with Gasteiger partial charge in [-0.15, -0.1) is 0 Å². The lowest BCUT2D eigenvalue weighted by Crippen LogP contribution is -2.45. The van der Waals surface area contributed by atoms with Crippen LogP contribution in [0.2, 0.25) is 0 Å². The molecule has 21 heavy (non-hydrogen) atoms. The van der Waals surface area contributed by atoms with Crippen molar-refractivity contribution in [1.82, 2.24) is 5.32 Å². The van der Waals surface area contributed by atoms with Gasteiger partial charge in [0.05, 0.1) is 5.92 Å². The zero-order valence-electron chi connectivity index (χ0n) is 11.7. The second kappa shape index (κ2) is 5.72. The van der Waals surface area contributed by atoms with Gasteiger partial charge in [0, 0.05) is 18.4 Å². The molecule has 0 heterocycles. The minimum Gasteiger partial charge on any atom is -0.550 e. The maximum Gasteiger partial charge on any atom is 0.224 e. The van der Waals surface area contributed by atoms with Crippen molar-refractivity contribution in [2.75, 3.05) is 6.54 Å². The summed E-state index contributed by atoms with van der Waals surface area (Å²) in [7, 11) is 0. The number of aliphatic carboxylic acids is 1. The van der Waals surface area contributed by atoms with Gasteiger partial charge in [-0.25, -0.2) is 0 Å². The summed E-state index contributed by atoms with van der Waals surface area (Å²) in [6.45, 7) is 0.528. The van der Waals surface area contributed by atoms with Gasteiger partial charge in [-0.05, 0) is 30.2 Å². The number of rotatable bonds is 5. The molecule has 110 valence electrons. The summed E-state index contributed by atoms with van der Waals surface area (Å²) in [6, 6.07) is 9.90. The van der Waals surface area contributed by atoms with E-state index in [2.05, 4.69) is 5.32 Å². The van der Waals surface area contributed by atoms with E-state index in [0.29, 0.717) is 6.54 Å². The predicted octanol–water partition coefficient (Wildman–Crippen LogP) is 0.534. The number of carbonyl (C=O) groups excluding carboxylic acids is 2. The van der Waals surface area contributed by atoms with Gasteiger partial charge in [-0.2, -0.15) is 0 Å². The maximum absolute atomic E-state index is 12.3. The van der Waals surface area contributed by atoms with Crippen LogP contribution in [-0.4, -0.2) is 18.4 Å². The Bertz CT molecular complexity index is 567. The second-order valence-corrected chi connectivity index (χ2v) is 5.85. The van der Waals surface area contributed by atoms with Crippen molar-refractivity contribution in [2.24, 2.45) is 23.7 Å². The molecule has 0 aromatic heterocycles. The van der Waals surface area contributed by atoms with Crippen LogP contribution in [0.1, 0.15) is 12.0 Å². The largest absolute Gasteiger partial charge is 0.550 e. The molecule has 1 aromatic rings. The molecule has 1 amide bonds. The van der Waals surface area contributed by atoms with E-state index in [1.54, 1.807) is 0 Å². The lowest BCUT2D eigenvalue weighted by atomic mass is 9.82. The zero-order chi connectivity index (χ0) is 14.8. The number of hydrogen-bond acceptors (Lipinski definition) is 3. The van der Waals surface area contributed by atoms with Crippen molar-refractivity contribution in [3.63, 3.8) is 0 Å². The topological polar surface area (TPSA) is 69.2 Å². The fourth-order valence-electron chi connectivity index (χ4n) is 3.59. The van der Waals surface area contributed by atoms with Gasteiger partial charge in [-0.1, -0.05) is 42.5 Å². The Morgan fingerprint density at radius 2 is 1.76 bits per heavy atom. The van der Waals surface area contributed by atoms with Gasteiger partial charge in [-0.3, -0.25) is 4.79 Å². The molecule has 0 unspecified atom stereocenters. The van der Waals surface area contributed by atoms with Crippen LogP contribution in [0.3, 0.4) is 0 Å². The molecule has 0 radical (unpaired) electrons. The Morgan fingerprint density at radius 3 is 2.43 bits per heavy atom. The molecule has 2 aliphatic rings. The fraction of sp³-hybridized carbons (Fsp3) is 0.412. The first kappa shape index (κ1) is 13.9. The van der Waals surface area contributed by atoms with Gasteiger partial charge in [0.2, 0.25) is 5.91 Å². The molecular weight excluding hydrogens is 266 g/mol. The van der Waals surface area contributed by atoms with Crippen LogP contribution < -0.4 is 10.4 Å². The number of carboxylic acids is 1. The van der Waals surface area contributed by atoms with Gasteiger partial charge in [0.1, 0.15) is 0 Å². The van der Waals surface area contributed by atoms with Gasteiger partial charge < -0.3 is 15.2 Å². The Morgan fingerprint density at radius 1 is 1.10 bits per heavy atom. The van der Waals surface area contributed by atoms with Crippen molar-refractivity contribution >= 4 is 11.9 Å². The number of allylic oxidation sites excluding steroid dienone is 2.